The fourth-order valence-corrected chi connectivity index (χ4v) is 5.51. The van der Waals surface area contributed by atoms with Gasteiger partial charge in [0.05, 0.1) is 12.7 Å². The number of aliphatic hydroxyl groups is 1. The second kappa shape index (κ2) is 7.13. The van der Waals surface area contributed by atoms with Gasteiger partial charge in [-0.25, -0.2) is 0 Å². The zero-order chi connectivity index (χ0) is 20.9. The molecule has 0 radical (unpaired) electrons. The number of nitrogens with one attached hydrogen (secondary N) is 1. The number of aliphatic hydroxyl groups excluding tert-OH is 1. The molecule has 2 fully saturated rings. The lowest BCUT2D eigenvalue weighted by atomic mass is 9.95. The average Bonchev–Trinajstić information content (AvgIpc) is 3.01. The average molecular weight is 406 g/mol. The summed E-state index contributed by atoms with van der Waals surface area (Å²) in [7, 11) is 0. The maximum Gasteiger partial charge on any atom is 0.253 e. The number of fused-ring (bicyclic) bond motifs is 1. The highest BCUT2D eigenvalue weighted by molar-refractivity contribution is 5.95. The van der Waals surface area contributed by atoms with Crippen molar-refractivity contribution in [2.45, 2.75) is 25.4 Å². The first-order chi connectivity index (χ1) is 14.5. The molecule has 2 amide bonds. The van der Waals surface area contributed by atoms with E-state index in [1.165, 1.54) is 6.92 Å². The Morgan fingerprint density at radius 3 is 2.80 bits per heavy atom. The van der Waals surface area contributed by atoms with Crippen molar-refractivity contribution in [3.8, 4) is 5.75 Å². The lowest BCUT2D eigenvalue weighted by molar-refractivity contribution is -0.119. The van der Waals surface area contributed by atoms with Gasteiger partial charge in [-0.1, -0.05) is 30.3 Å². The predicted octanol–water partition coefficient (Wildman–Crippen LogP) is 1.97. The highest BCUT2D eigenvalue weighted by atomic mass is 16.5. The maximum absolute atomic E-state index is 13.2. The van der Waals surface area contributed by atoms with Crippen LogP contribution in [0, 0.1) is 11.3 Å². The molecule has 2 aliphatic heterocycles. The summed E-state index contributed by atoms with van der Waals surface area (Å²) in [5.41, 5.74) is 2.43. The molecule has 3 aliphatic rings. The van der Waals surface area contributed by atoms with Crippen LogP contribution in [0.3, 0.4) is 0 Å². The zero-order valence-corrected chi connectivity index (χ0v) is 17.0. The normalized spacial score (nSPS) is 28.9. The van der Waals surface area contributed by atoms with E-state index in [1.807, 2.05) is 30.3 Å². The molecule has 1 saturated heterocycles. The Morgan fingerprint density at radius 1 is 1.23 bits per heavy atom. The molecule has 0 bridgehead atoms. The van der Waals surface area contributed by atoms with E-state index in [9.17, 15) is 14.7 Å². The number of nitrogens with zero attached hydrogens (tertiary/aromatic N) is 1. The van der Waals surface area contributed by atoms with Crippen LogP contribution in [0.15, 0.2) is 48.5 Å². The molecule has 5 rings (SSSR count). The van der Waals surface area contributed by atoms with Gasteiger partial charge in [0.15, 0.2) is 0 Å². The number of benzene rings is 2. The lowest BCUT2D eigenvalue weighted by Gasteiger charge is -2.17. The minimum atomic E-state index is -0.622. The van der Waals surface area contributed by atoms with Crippen LogP contribution >= 0.6 is 0 Å². The number of carbonyl (C=O) groups is 2. The topological polar surface area (TPSA) is 78.9 Å². The van der Waals surface area contributed by atoms with Crippen molar-refractivity contribution in [1.29, 1.82) is 0 Å². The second-order valence-corrected chi connectivity index (χ2v) is 8.67. The minimum absolute atomic E-state index is 0.0578. The monoisotopic (exact) mass is 406 g/mol. The standard InChI is InChI=1S/C24H26N2O4/c1-15(27)25-12-19-22(16-5-3-2-4-6-16)24(19)14-26(13-21(24)28)23(29)18-7-8-20-17(11-18)9-10-30-20/h2-8,11,19,21-22,28H,9-10,12-14H2,1H3,(H,25,27)/t19-,21+,22-,24-/m1/s1. The molecule has 0 unspecified atom stereocenters. The van der Waals surface area contributed by atoms with Crippen LogP contribution in [-0.4, -0.2) is 54.2 Å². The van der Waals surface area contributed by atoms with Crippen LogP contribution in [0.5, 0.6) is 5.75 Å². The largest absolute Gasteiger partial charge is 0.493 e. The summed E-state index contributed by atoms with van der Waals surface area (Å²) in [4.78, 5) is 26.5. The zero-order valence-electron chi connectivity index (χ0n) is 17.0. The van der Waals surface area contributed by atoms with Crippen LogP contribution < -0.4 is 10.1 Å². The molecule has 156 valence electrons. The Balaban J connectivity index is 1.40. The van der Waals surface area contributed by atoms with E-state index in [-0.39, 0.29) is 23.7 Å². The van der Waals surface area contributed by atoms with Gasteiger partial charge in [0, 0.05) is 44.0 Å². The first-order valence-corrected chi connectivity index (χ1v) is 10.5. The quantitative estimate of drug-likeness (QED) is 0.814. The minimum Gasteiger partial charge on any atom is -0.493 e. The third-order valence-corrected chi connectivity index (χ3v) is 6.99. The predicted molar refractivity (Wildman–Crippen MR) is 111 cm³/mol. The highest BCUT2D eigenvalue weighted by Crippen LogP contribution is 2.68. The molecular weight excluding hydrogens is 380 g/mol. The number of hydrogen-bond acceptors (Lipinski definition) is 4. The van der Waals surface area contributed by atoms with Gasteiger partial charge in [0.1, 0.15) is 5.75 Å². The van der Waals surface area contributed by atoms with Crippen molar-refractivity contribution >= 4 is 11.8 Å². The molecular formula is C24H26N2O4. The van der Waals surface area contributed by atoms with Gasteiger partial charge in [-0.15, -0.1) is 0 Å². The van der Waals surface area contributed by atoms with Gasteiger partial charge in [0.2, 0.25) is 5.91 Å². The molecule has 6 nitrogen and oxygen atoms in total. The molecule has 2 aromatic carbocycles. The van der Waals surface area contributed by atoms with E-state index in [0.29, 0.717) is 31.8 Å². The molecule has 4 atom stereocenters. The number of likely N-dealkylation sites (tertiary alicyclic amines) is 1. The Morgan fingerprint density at radius 2 is 2.03 bits per heavy atom. The SMILES string of the molecule is CC(=O)NC[C@@H]1[C@@H](c2ccccc2)[C@]12CN(C(=O)c1ccc3c(c1)CCO3)C[C@@H]2O. The maximum atomic E-state index is 13.2. The fourth-order valence-electron chi connectivity index (χ4n) is 5.51. The van der Waals surface area contributed by atoms with Gasteiger partial charge in [-0.3, -0.25) is 9.59 Å². The van der Waals surface area contributed by atoms with Crippen molar-refractivity contribution in [2.75, 3.05) is 26.2 Å². The Labute approximate surface area is 175 Å². The molecule has 1 aliphatic carbocycles. The molecule has 2 N–H and O–H groups in total. The summed E-state index contributed by atoms with van der Waals surface area (Å²) < 4.78 is 5.54. The molecule has 30 heavy (non-hydrogen) atoms. The first kappa shape index (κ1) is 19.1. The Bertz CT molecular complexity index is 992. The van der Waals surface area contributed by atoms with Gasteiger partial charge in [0.25, 0.3) is 5.91 Å². The van der Waals surface area contributed by atoms with Crippen molar-refractivity contribution < 1.29 is 19.4 Å². The Kier molecular flexibility index (Phi) is 4.54. The van der Waals surface area contributed by atoms with Crippen molar-refractivity contribution in [3.63, 3.8) is 0 Å². The number of carbonyl (C=O) groups excluding carboxylic acids is 2. The number of amides is 2. The third-order valence-electron chi connectivity index (χ3n) is 6.99. The van der Waals surface area contributed by atoms with E-state index < -0.39 is 11.5 Å². The van der Waals surface area contributed by atoms with Crippen molar-refractivity contribution in [1.82, 2.24) is 10.2 Å². The number of ether oxygens (including phenoxy) is 1. The number of hydrogen-bond donors (Lipinski definition) is 2. The lowest BCUT2D eigenvalue weighted by Crippen LogP contribution is -2.30. The molecule has 2 aromatic rings. The van der Waals surface area contributed by atoms with E-state index in [4.69, 9.17) is 4.74 Å². The number of rotatable bonds is 4. The summed E-state index contributed by atoms with van der Waals surface area (Å²) in [6, 6.07) is 15.7. The van der Waals surface area contributed by atoms with Crippen LogP contribution in [-0.2, 0) is 11.2 Å². The summed E-state index contributed by atoms with van der Waals surface area (Å²) in [6.45, 7) is 3.47. The highest BCUT2D eigenvalue weighted by Gasteiger charge is 2.71. The molecule has 1 spiro atoms. The van der Waals surface area contributed by atoms with E-state index in [0.717, 1.165) is 23.3 Å². The summed E-state index contributed by atoms with van der Waals surface area (Å²) in [5.74, 6) is 0.935. The second-order valence-electron chi connectivity index (χ2n) is 8.67. The van der Waals surface area contributed by atoms with Crippen molar-refractivity contribution in [2.24, 2.45) is 11.3 Å². The van der Waals surface area contributed by atoms with Gasteiger partial charge in [-0.05, 0) is 41.2 Å². The Hall–Kier alpha value is -2.86. The molecule has 6 heteroatoms. The van der Waals surface area contributed by atoms with E-state index in [1.54, 1.807) is 11.0 Å². The summed E-state index contributed by atoms with van der Waals surface area (Å²) in [5, 5.41) is 14.0. The van der Waals surface area contributed by atoms with Crippen LogP contribution in [0.2, 0.25) is 0 Å². The van der Waals surface area contributed by atoms with Gasteiger partial charge >= 0.3 is 0 Å². The summed E-state index contributed by atoms with van der Waals surface area (Å²) >= 11 is 0. The van der Waals surface area contributed by atoms with Gasteiger partial charge in [-0.2, -0.15) is 0 Å². The molecule has 0 aromatic heterocycles. The van der Waals surface area contributed by atoms with Crippen LogP contribution in [0.4, 0.5) is 0 Å². The fraction of sp³-hybridized carbons (Fsp3) is 0.417. The summed E-state index contributed by atoms with van der Waals surface area (Å²) in [6.07, 6.45) is 0.195. The molecule has 1 saturated carbocycles. The number of β-amino-alcohol motifs (C(OH)–C–C–N with tert-alkyl or cyclic N) is 1. The van der Waals surface area contributed by atoms with Crippen LogP contribution in [0.1, 0.15) is 34.3 Å². The first-order valence-electron chi connectivity index (χ1n) is 10.5. The van der Waals surface area contributed by atoms with E-state index >= 15 is 0 Å². The third kappa shape index (κ3) is 2.98. The van der Waals surface area contributed by atoms with Crippen molar-refractivity contribution in [3.05, 3.63) is 65.2 Å². The van der Waals surface area contributed by atoms with Crippen LogP contribution in [0.25, 0.3) is 0 Å². The molecule has 2 heterocycles. The van der Waals surface area contributed by atoms with E-state index in [2.05, 4.69) is 17.4 Å². The smallest absolute Gasteiger partial charge is 0.253 e. The van der Waals surface area contributed by atoms with Gasteiger partial charge < -0.3 is 20.1 Å².